The van der Waals surface area contributed by atoms with Crippen LogP contribution in [0.1, 0.15) is 36.6 Å². The van der Waals surface area contributed by atoms with Crippen molar-refractivity contribution in [1.29, 1.82) is 0 Å². The van der Waals surface area contributed by atoms with Gasteiger partial charge in [-0.3, -0.25) is 4.98 Å². The zero-order valence-corrected chi connectivity index (χ0v) is 18.7. The van der Waals surface area contributed by atoms with Crippen LogP contribution in [-0.4, -0.2) is 47.4 Å². The highest BCUT2D eigenvalue weighted by Crippen LogP contribution is 2.30. The average Bonchev–Trinajstić information content (AvgIpc) is 3.17. The lowest BCUT2D eigenvalue weighted by Crippen LogP contribution is -2.30. The summed E-state index contributed by atoms with van der Waals surface area (Å²) in [6.45, 7) is 6.24. The number of fused-ring (bicyclic) bond motifs is 1. The van der Waals surface area contributed by atoms with Crippen molar-refractivity contribution in [2.45, 2.75) is 51.6 Å². The molecule has 166 valence electrons. The third-order valence-electron chi connectivity index (χ3n) is 5.54. The monoisotopic (exact) mass is 444 g/mol. The molecule has 0 amide bonds. The second-order valence-electron chi connectivity index (χ2n) is 7.72. The molecule has 0 bridgehead atoms. The van der Waals surface area contributed by atoms with Crippen molar-refractivity contribution < 1.29 is 13.2 Å². The summed E-state index contributed by atoms with van der Waals surface area (Å²) in [4.78, 5) is 8.67. The number of nitrogens with one attached hydrogen (secondary N) is 2. The highest BCUT2D eigenvalue weighted by molar-refractivity contribution is 7.88. The Morgan fingerprint density at radius 2 is 1.97 bits per heavy atom. The van der Waals surface area contributed by atoms with E-state index in [1.54, 1.807) is 24.5 Å². The van der Waals surface area contributed by atoms with Gasteiger partial charge in [-0.1, -0.05) is 0 Å². The fraction of sp³-hybridized carbons (Fsp3) is 0.476. The van der Waals surface area contributed by atoms with Crippen LogP contribution in [0, 0.1) is 6.92 Å². The van der Waals surface area contributed by atoms with Crippen LogP contribution in [0.5, 0.6) is 0 Å². The third kappa shape index (κ3) is 5.03. The molecule has 3 aromatic rings. The summed E-state index contributed by atoms with van der Waals surface area (Å²) >= 11 is 0. The zero-order valence-electron chi connectivity index (χ0n) is 17.8. The molecule has 4 heterocycles. The molecule has 1 aliphatic rings. The summed E-state index contributed by atoms with van der Waals surface area (Å²) in [5.41, 5.74) is 4.02. The van der Waals surface area contributed by atoms with Gasteiger partial charge in [0.15, 0.2) is 5.65 Å². The van der Waals surface area contributed by atoms with Crippen molar-refractivity contribution in [2.75, 3.05) is 18.5 Å². The molecule has 0 atom stereocenters. The number of hydrogen-bond donors (Lipinski definition) is 2. The average molecular weight is 445 g/mol. The van der Waals surface area contributed by atoms with Crippen molar-refractivity contribution in [3.05, 3.63) is 47.5 Å². The first-order valence-electron chi connectivity index (χ1n) is 10.5. The van der Waals surface area contributed by atoms with Crippen LogP contribution in [0.4, 0.5) is 5.69 Å². The number of sulfonamides is 1. The van der Waals surface area contributed by atoms with E-state index in [1.165, 1.54) is 0 Å². The highest BCUT2D eigenvalue weighted by atomic mass is 32.2. The molecule has 1 fully saturated rings. The number of nitrogens with zero attached hydrogens (tertiary/aromatic N) is 4. The number of aryl methyl sites for hydroxylation is 2. The Morgan fingerprint density at radius 1 is 1.23 bits per heavy atom. The minimum atomic E-state index is -3.53. The Hall–Kier alpha value is -2.56. The molecular weight excluding hydrogens is 416 g/mol. The van der Waals surface area contributed by atoms with Crippen molar-refractivity contribution in [1.82, 2.24) is 24.5 Å². The molecule has 4 rings (SSSR count). The molecule has 10 heteroatoms. The first-order valence-corrected chi connectivity index (χ1v) is 12.2. The van der Waals surface area contributed by atoms with Gasteiger partial charge in [0.25, 0.3) is 0 Å². The second-order valence-corrected chi connectivity index (χ2v) is 9.52. The van der Waals surface area contributed by atoms with Gasteiger partial charge in [0.05, 0.1) is 23.0 Å². The van der Waals surface area contributed by atoms with Gasteiger partial charge in [-0.25, -0.2) is 22.8 Å². The van der Waals surface area contributed by atoms with Gasteiger partial charge in [-0.15, -0.1) is 0 Å². The molecule has 0 spiro atoms. The molecule has 0 radical (unpaired) electrons. The Balaban J connectivity index is 1.63. The largest absolute Gasteiger partial charge is 0.381 e. The Morgan fingerprint density at radius 3 is 2.68 bits per heavy atom. The predicted molar refractivity (Wildman–Crippen MR) is 119 cm³/mol. The summed E-state index contributed by atoms with van der Waals surface area (Å²) in [6.07, 6.45) is 6.79. The first kappa shape index (κ1) is 21.7. The van der Waals surface area contributed by atoms with E-state index in [2.05, 4.69) is 20.1 Å². The van der Waals surface area contributed by atoms with Crippen LogP contribution in [-0.2, 0) is 33.6 Å². The van der Waals surface area contributed by atoms with Crippen molar-refractivity contribution in [3.63, 3.8) is 0 Å². The molecule has 2 N–H and O–H groups in total. The summed E-state index contributed by atoms with van der Waals surface area (Å²) in [5.74, 6) is -0.0965. The van der Waals surface area contributed by atoms with E-state index in [0.29, 0.717) is 25.3 Å². The smallest absolute Gasteiger partial charge is 0.216 e. The van der Waals surface area contributed by atoms with E-state index in [4.69, 9.17) is 9.72 Å². The molecular formula is C21H28N6O3S. The molecule has 0 saturated carbocycles. The van der Waals surface area contributed by atoms with E-state index >= 15 is 0 Å². The van der Waals surface area contributed by atoms with Crippen LogP contribution < -0.4 is 10.0 Å². The first-order chi connectivity index (χ1) is 15.0. The Kier molecular flexibility index (Phi) is 6.49. The summed E-state index contributed by atoms with van der Waals surface area (Å²) < 4.78 is 35.5. The molecule has 1 saturated heterocycles. The maximum absolute atomic E-state index is 12.7. The van der Waals surface area contributed by atoms with Crippen molar-refractivity contribution >= 4 is 26.7 Å². The van der Waals surface area contributed by atoms with Crippen LogP contribution in [0.25, 0.3) is 11.0 Å². The second kappa shape index (κ2) is 9.29. The number of ether oxygens (including phenoxy) is 1. The van der Waals surface area contributed by atoms with Gasteiger partial charge in [0, 0.05) is 56.0 Å². The predicted octanol–water partition coefficient (Wildman–Crippen LogP) is 2.37. The Labute approximate surface area is 182 Å². The molecule has 9 nitrogen and oxygen atoms in total. The topological polar surface area (TPSA) is 111 Å². The van der Waals surface area contributed by atoms with Crippen molar-refractivity contribution in [3.8, 4) is 0 Å². The van der Waals surface area contributed by atoms with Crippen LogP contribution in [0.3, 0.4) is 0 Å². The summed E-state index contributed by atoms with van der Waals surface area (Å²) in [5, 5.41) is 9.00. The van der Waals surface area contributed by atoms with Crippen LogP contribution in [0.15, 0.2) is 30.7 Å². The highest BCUT2D eigenvalue weighted by Gasteiger charge is 2.22. The van der Waals surface area contributed by atoms with Crippen molar-refractivity contribution in [2.24, 2.45) is 0 Å². The SMILES string of the molecule is CCn1ncc2c(NC3CCOCC3)c(CNS(=O)(=O)Cc3ccncc3)c(C)nc21. The summed E-state index contributed by atoms with van der Waals surface area (Å²) in [7, 11) is -3.53. The van der Waals surface area contributed by atoms with Crippen LogP contribution >= 0.6 is 0 Å². The minimum Gasteiger partial charge on any atom is -0.381 e. The molecule has 1 aliphatic heterocycles. The van der Waals surface area contributed by atoms with Gasteiger partial charge in [-0.2, -0.15) is 5.10 Å². The molecule has 3 aromatic heterocycles. The number of aromatic nitrogens is 4. The molecule has 0 aromatic carbocycles. The lowest BCUT2D eigenvalue weighted by atomic mass is 10.1. The van der Waals surface area contributed by atoms with Gasteiger partial charge < -0.3 is 10.1 Å². The van der Waals surface area contributed by atoms with E-state index < -0.39 is 10.0 Å². The zero-order chi connectivity index (χ0) is 21.8. The minimum absolute atomic E-state index is 0.0965. The normalized spacial score (nSPS) is 15.4. The maximum Gasteiger partial charge on any atom is 0.216 e. The maximum atomic E-state index is 12.7. The third-order valence-corrected chi connectivity index (χ3v) is 6.83. The number of anilines is 1. The molecule has 0 unspecified atom stereocenters. The standard InChI is InChI=1S/C21H28N6O3S/c1-3-27-21-19(12-23-27)20(26-17-6-10-30-11-7-17)18(15(2)25-21)13-24-31(28,29)14-16-4-8-22-9-5-16/h4-5,8-9,12,17,24H,3,6-7,10-11,13-14H2,1-2H3,(H,25,26). The summed E-state index contributed by atoms with van der Waals surface area (Å²) in [6, 6.07) is 3.67. The lowest BCUT2D eigenvalue weighted by molar-refractivity contribution is 0.0904. The molecule has 0 aliphatic carbocycles. The molecule has 31 heavy (non-hydrogen) atoms. The Bertz CT molecular complexity index is 1140. The number of pyridine rings is 2. The number of hydrogen-bond acceptors (Lipinski definition) is 7. The van der Waals surface area contributed by atoms with E-state index in [-0.39, 0.29) is 18.3 Å². The van der Waals surface area contributed by atoms with Crippen LogP contribution in [0.2, 0.25) is 0 Å². The van der Waals surface area contributed by atoms with Gasteiger partial charge >= 0.3 is 0 Å². The van der Waals surface area contributed by atoms with E-state index in [1.807, 2.05) is 24.7 Å². The van der Waals surface area contributed by atoms with Gasteiger partial charge in [0.1, 0.15) is 0 Å². The quantitative estimate of drug-likeness (QED) is 0.549. The van der Waals surface area contributed by atoms with Gasteiger partial charge in [0.2, 0.25) is 10.0 Å². The van der Waals surface area contributed by atoms with E-state index in [0.717, 1.165) is 40.8 Å². The van der Waals surface area contributed by atoms with Gasteiger partial charge in [-0.05, 0) is 44.4 Å². The lowest BCUT2D eigenvalue weighted by Gasteiger charge is -2.26. The fourth-order valence-corrected chi connectivity index (χ4v) is 4.93. The number of rotatable bonds is 8. The fourth-order valence-electron chi connectivity index (χ4n) is 3.83. The van der Waals surface area contributed by atoms with E-state index in [9.17, 15) is 8.42 Å².